The van der Waals surface area contributed by atoms with Gasteiger partial charge in [0.25, 0.3) is 0 Å². The van der Waals surface area contributed by atoms with E-state index in [1.807, 2.05) is 19.9 Å². The van der Waals surface area contributed by atoms with Crippen LogP contribution in [0.5, 0.6) is 11.5 Å². The molecular weight excluding hydrogens is 515 g/mol. The topological polar surface area (TPSA) is 102 Å². The number of aryl methyl sites for hydroxylation is 1. The number of hydrogen-bond acceptors (Lipinski definition) is 6. The zero-order valence-electron chi connectivity index (χ0n) is 23.0. The van der Waals surface area contributed by atoms with Gasteiger partial charge in [-0.1, -0.05) is 67.5 Å². The predicted octanol–water partition coefficient (Wildman–Crippen LogP) is 7.52. The molecule has 2 aromatic rings. The summed E-state index contributed by atoms with van der Waals surface area (Å²) >= 11 is 0. The van der Waals surface area contributed by atoms with Crippen molar-refractivity contribution in [2.75, 3.05) is 0 Å². The van der Waals surface area contributed by atoms with E-state index in [4.69, 9.17) is 13.8 Å². The number of phosphoric acid groups is 1. The SMILES string of the molecule is C=C(C)[C@@H]1CCC(C)=C[C@H]1c1c(O)cc(CCC)cc1OC(=O)C1(OP(=O)(O)OCc2ccccc2)CCC1. The van der Waals surface area contributed by atoms with Gasteiger partial charge in [-0.15, -0.1) is 0 Å². The molecule has 0 aromatic heterocycles. The van der Waals surface area contributed by atoms with Crippen molar-refractivity contribution in [3.8, 4) is 11.5 Å². The van der Waals surface area contributed by atoms with Gasteiger partial charge in [-0.25, -0.2) is 9.36 Å². The van der Waals surface area contributed by atoms with E-state index in [-0.39, 0.29) is 42.8 Å². The number of rotatable bonds is 11. The molecule has 0 amide bonds. The van der Waals surface area contributed by atoms with E-state index in [0.717, 1.165) is 30.4 Å². The maximum atomic E-state index is 13.6. The van der Waals surface area contributed by atoms with Gasteiger partial charge in [0.2, 0.25) is 0 Å². The fraction of sp³-hybridized carbons (Fsp3) is 0.452. The van der Waals surface area contributed by atoms with Crippen LogP contribution in [0.1, 0.15) is 81.9 Å². The normalized spacial score (nSPS) is 21.8. The fourth-order valence-electron chi connectivity index (χ4n) is 5.43. The third kappa shape index (κ3) is 6.90. The van der Waals surface area contributed by atoms with E-state index in [2.05, 4.69) is 19.6 Å². The van der Waals surface area contributed by atoms with Gasteiger partial charge in [0, 0.05) is 11.5 Å². The van der Waals surface area contributed by atoms with Crippen LogP contribution < -0.4 is 4.74 Å². The number of phosphoric ester groups is 1. The first-order chi connectivity index (χ1) is 18.5. The molecule has 4 rings (SSSR count). The highest BCUT2D eigenvalue weighted by atomic mass is 31.2. The summed E-state index contributed by atoms with van der Waals surface area (Å²) in [6.07, 6.45) is 6.59. The van der Waals surface area contributed by atoms with Crippen molar-refractivity contribution in [2.45, 2.75) is 83.8 Å². The van der Waals surface area contributed by atoms with E-state index in [1.54, 1.807) is 36.4 Å². The maximum Gasteiger partial charge on any atom is 0.473 e. The summed E-state index contributed by atoms with van der Waals surface area (Å²) in [6, 6.07) is 12.5. The molecule has 0 aliphatic heterocycles. The lowest BCUT2D eigenvalue weighted by Gasteiger charge is -2.39. The van der Waals surface area contributed by atoms with E-state index in [0.29, 0.717) is 24.0 Å². The van der Waals surface area contributed by atoms with Gasteiger partial charge in [0.15, 0.2) is 5.60 Å². The number of phenols is 1. The van der Waals surface area contributed by atoms with Crippen LogP contribution in [0.25, 0.3) is 0 Å². The highest BCUT2D eigenvalue weighted by molar-refractivity contribution is 7.47. The number of hydrogen-bond donors (Lipinski definition) is 2. The standard InChI is InChI=1S/C31H39O7P/c1-5-10-24-18-27(32)29(26-17-22(4)13-14-25(26)21(2)3)28(19-24)37-30(33)31(15-9-16-31)38-39(34,35)36-20-23-11-7-6-8-12-23/h6-8,11-12,17-19,25-26,32H,2,5,9-10,13-16,20H2,1,3-4H3,(H,34,35)/t25-,26+/m0/s1. The maximum absolute atomic E-state index is 13.6. The molecule has 2 aliphatic carbocycles. The highest BCUT2D eigenvalue weighted by Crippen LogP contribution is 2.54. The number of aromatic hydroxyl groups is 1. The van der Waals surface area contributed by atoms with Crippen molar-refractivity contribution >= 4 is 13.8 Å². The lowest BCUT2D eigenvalue weighted by molar-refractivity contribution is -0.163. The second kappa shape index (κ2) is 12.2. The van der Waals surface area contributed by atoms with E-state index in [1.165, 1.54) is 5.57 Å². The molecule has 8 heteroatoms. The Labute approximate surface area is 231 Å². The number of phenolic OH excluding ortho intramolecular Hbond substituents is 1. The minimum absolute atomic E-state index is 0.0635. The minimum Gasteiger partial charge on any atom is -0.507 e. The molecule has 2 aliphatic rings. The Bertz CT molecular complexity index is 1280. The molecule has 0 spiro atoms. The van der Waals surface area contributed by atoms with Gasteiger partial charge < -0.3 is 14.7 Å². The molecule has 3 atom stereocenters. The van der Waals surface area contributed by atoms with E-state index in [9.17, 15) is 19.4 Å². The average Bonchev–Trinajstić information content (AvgIpc) is 2.85. The zero-order valence-corrected chi connectivity index (χ0v) is 23.9. The van der Waals surface area contributed by atoms with Crippen LogP contribution in [0.15, 0.2) is 66.3 Å². The Morgan fingerprint density at radius 3 is 2.51 bits per heavy atom. The molecule has 1 unspecified atom stereocenters. The summed E-state index contributed by atoms with van der Waals surface area (Å²) < 4.78 is 29.6. The van der Waals surface area contributed by atoms with Gasteiger partial charge in [-0.3, -0.25) is 9.05 Å². The summed E-state index contributed by atoms with van der Waals surface area (Å²) in [5.41, 5.74) is 2.66. The molecule has 2 aromatic carbocycles. The number of allylic oxidation sites excluding steroid dienone is 3. The molecule has 7 nitrogen and oxygen atoms in total. The smallest absolute Gasteiger partial charge is 0.473 e. The van der Waals surface area contributed by atoms with Crippen LogP contribution in [-0.4, -0.2) is 21.6 Å². The van der Waals surface area contributed by atoms with Gasteiger partial charge in [-0.2, -0.15) is 0 Å². The summed E-state index contributed by atoms with van der Waals surface area (Å²) in [5, 5.41) is 11.2. The third-order valence-corrected chi connectivity index (χ3v) is 8.73. The summed E-state index contributed by atoms with van der Waals surface area (Å²) in [5.74, 6) is -0.589. The monoisotopic (exact) mass is 554 g/mol. The lowest BCUT2D eigenvalue weighted by Crippen LogP contribution is -2.49. The van der Waals surface area contributed by atoms with Crippen molar-refractivity contribution < 1.29 is 33.1 Å². The Balaban J connectivity index is 1.62. The Morgan fingerprint density at radius 1 is 1.18 bits per heavy atom. The summed E-state index contributed by atoms with van der Waals surface area (Å²) in [7, 11) is -4.57. The van der Waals surface area contributed by atoms with Gasteiger partial charge >= 0.3 is 13.8 Å². The van der Waals surface area contributed by atoms with Crippen molar-refractivity contribution in [2.24, 2.45) is 5.92 Å². The molecule has 0 heterocycles. The van der Waals surface area contributed by atoms with Crippen LogP contribution in [-0.2, 0) is 31.4 Å². The van der Waals surface area contributed by atoms with Crippen LogP contribution in [0.2, 0.25) is 0 Å². The molecule has 0 radical (unpaired) electrons. The van der Waals surface area contributed by atoms with Crippen LogP contribution in [0.4, 0.5) is 0 Å². The molecule has 1 saturated carbocycles. The lowest BCUT2D eigenvalue weighted by atomic mass is 9.73. The molecule has 0 saturated heterocycles. The van der Waals surface area contributed by atoms with Crippen LogP contribution in [0, 0.1) is 5.92 Å². The predicted molar refractivity (Wildman–Crippen MR) is 150 cm³/mol. The van der Waals surface area contributed by atoms with E-state index < -0.39 is 19.4 Å². The van der Waals surface area contributed by atoms with Crippen molar-refractivity contribution in [1.82, 2.24) is 0 Å². The first kappa shape index (κ1) is 29.3. The Kier molecular flexibility index (Phi) is 9.18. The quantitative estimate of drug-likeness (QED) is 0.128. The summed E-state index contributed by atoms with van der Waals surface area (Å²) in [6.45, 7) is 10.1. The largest absolute Gasteiger partial charge is 0.507 e. The van der Waals surface area contributed by atoms with Crippen LogP contribution in [0.3, 0.4) is 0 Å². The number of carbonyl (C=O) groups excluding carboxylic acids is 1. The summed E-state index contributed by atoms with van der Waals surface area (Å²) in [4.78, 5) is 24.1. The highest BCUT2D eigenvalue weighted by Gasteiger charge is 2.52. The number of esters is 1. The van der Waals surface area contributed by atoms with Gasteiger partial charge in [0.1, 0.15) is 11.5 Å². The first-order valence-corrected chi connectivity index (χ1v) is 15.2. The van der Waals surface area contributed by atoms with Gasteiger partial charge in [-0.05, 0) is 81.5 Å². The average molecular weight is 555 g/mol. The van der Waals surface area contributed by atoms with Crippen molar-refractivity contribution in [3.05, 3.63) is 83.0 Å². The molecule has 1 fully saturated rings. The number of benzene rings is 2. The second-order valence-corrected chi connectivity index (χ2v) is 12.2. The third-order valence-electron chi connectivity index (χ3n) is 7.70. The second-order valence-electron chi connectivity index (χ2n) is 10.9. The molecule has 0 bridgehead atoms. The molecule has 39 heavy (non-hydrogen) atoms. The zero-order chi connectivity index (χ0) is 28.2. The number of ether oxygens (including phenoxy) is 1. The minimum atomic E-state index is -4.57. The fourth-order valence-corrected chi connectivity index (χ4v) is 6.49. The van der Waals surface area contributed by atoms with Crippen molar-refractivity contribution in [1.29, 1.82) is 0 Å². The van der Waals surface area contributed by atoms with Crippen molar-refractivity contribution in [3.63, 3.8) is 0 Å². The Hall–Kier alpha value is -2.70. The molecule has 210 valence electrons. The van der Waals surface area contributed by atoms with Crippen LogP contribution >= 0.6 is 7.82 Å². The van der Waals surface area contributed by atoms with E-state index >= 15 is 0 Å². The molecular formula is C31H39O7P. The first-order valence-electron chi connectivity index (χ1n) is 13.7. The van der Waals surface area contributed by atoms with Gasteiger partial charge in [0.05, 0.1) is 6.61 Å². The molecule has 2 N–H and O–H groups in total. The Morgan fingerprint density at radius 2 is 1.90 bits per heavy atom. The number of carbonyl (C=O) groups is 1.